The van der Waals surface area contributed by atoms with Gasteiger partial charge in [-0.2, -0.15) is 0 Å². The Bertz CT molecular complexity index is 738. The molecule has 0 aromatic rings. The molecule has 4 atom stereocenters. The maximum Gasteiger partial charge on any atom is 0.313 e. The lowest BCUT2D eigenvalue weighted by Gasteiger charge is -2.22. The number of esters is 1. The molecule has 2 nitrogen and oxygen atoms in total. The normalized spacial score (nSPS) is 14.4. The van der Waals surface area contributed by atoms with Gasteiger partial charge < -0.3 is 4.74 Å². The smallest absolute Gasteiger partial charge is 0.313 e. The summed E-state index contributed by atoms with van der Waals surface area (Å²) in [5.41, 5.74) is 0. The first-order valence-corrected chi connectivity index (χ1v) is 22.9. The van der Waals surface area contributed by atoms with E-state index in [-0.39, 0.29) is 11.9 Å². The van der Waals surface area contributed by atoms with E-state index in [0.717, 1.165) is 24.7 Å². The van der Waals surface area contributed by atoms with E-state index < -0.39 is 0 Å². The summed E-state index contributed by atoms with van der Waals surface area (Å²) in [4.78, 5) is 12.6. The molecule has 0 bridgehead atoms. The lowest BCUT2D eigenvalue weighted by atomic mass is 9.84. The molecule has 0 saturated heterocycles. The van der Waals surface area contributed by atoms with Crippen molar-refractivity contribution in [2.45, 2.75) is 253 Å². The van der Waals surface area contributed by atoms with E-state index >= 15 is 0 Å². The van der Waals surface area contributed by atoms with Crippen LogP contribution in [0.5, 0.6) is 0 Å². The number of allylic oxidation sites excluding steroid dienone is 3. The first-order valence-electron chi connectivity index (χ1n) is 22.9. The molecule has 4 unspecified atom stereocenters. The minimum atomic E-state index is -0.0595. The Balaban J connectivity index is 3.66. The van der Waals surface area contributed by atoms with Gasteiger partial charge in [0.15, 0.2) is 0 Å². The van der Waals surface area contributed by atoms with Gasteiger partial charge in [0, 0.05) is 0 Å². The summed E-state index contributed by atoms with van der Waals surface area (Å²) in [7, 11) is 0. The Morgan fingerprint density at radius 1 is 0.420 bits per heavy atom. The molecule has 0 rings (SSSR count). The maximum absolute atomic E-state index is 12.6. The number of carbonyl (C=O) groups excluding carboxylic acids is 1. The first-order chi connectivity index (χ1) is 24.4. The second kappa shape index (κ2) is 39.2. The van der Waals surface area contributed by atoms with Crippen LogP contribution in [0.2, 0.25) is 0 Å². The Morgan fingerprint density at radius 2 is 0.760 bits per heavy atom. The quantitative estimate of drug-likeness (QED) is 0.0276. The highest BCUT2D eigenvalue weighted by Gasteiger charge is 2.19. The summed E-state index contributed by atoms with van der Waals surface area (Å²) in [5, 5.41) is 0. The zero-order chi connectivity index (χ0) is 36.8. The summed E-state index contributed by atoms with van der Waals surface area (Å²) in [6, 6.07) is 0. The van der Waals surface area contributed by atoms with Crippen molar-refractivity contribution in [2.24, 2.45) is 23.7 Å². The fourth-order valence-corrected chi connectivity index (χ4v) is 7.88. The zero-order valence-corrected chi connectivity index (χ0v) is 35.3. The second-order valence-electron chi connectivity index (χ2n) is 16.8. The average molecular weight is 701 g/mol. The monoisotopic (exact) mass is 701 g/mol. The Kier molecular flexibility index (Phi) is 38.3. The number of ether oxygens (including phenoxy) is 1. The van der Waals surface area contributed by atoms with Gasteiger partial charge in [-0.15, -0.1) is 0 Å². The van der Waals surface area contributed by atoms with Gasteiger partial charge in [-0.05, 0) is 81.6 Å². The van der Waals surface area contributed by atoms with Crippen molar-refractivity contribution in [3.8, 4) is 0 Å². The van der Waals surface area contributed by atoms with Crippen LogP contribution in [0.3, 0.4) is 0 Å². The third kappa shape index (κ3) is 36.7. The van der Waals surface area contributed by atoms with Crippen LogP contribution in [-0.2, 0) is 9.53 Å². The Hall–Kier alpha value is -1.05. The van der Waals surface area contributed by atoms with Crippen molar-refractivity contribution in [1.29, 1.82) is 0 Å². The third-order valence-corrected chi connectivity index (χ3v) is 11.0. The molecule has 296 valence electrons. The largest absolute Gasteiger partial charge is 0.435 e. The summed E-state index contributed by atoms with van der Waals surface area (Å²) in [5.74, 6) is 2.01. The topological polar surface area (TPSA) is 26.3 Å². The molecule has 50 heavy (non-hydrogen) atoms. The highest BCUT2D eigenvalue weighted by molar-refractivity contribution is 5.72. The molecular formula is C48H92O2. The molecule has 2 heteroatoms. The van der Waals surface area contributed by atoms with Crippen LogP contribution in [-0.4, -0.2) is 5.97 Å². The van der Waals surface area contributed by atoms with Gasteiger partial charge in [-0.1, -0.05) is 208 Å². The highest BCUT2D eigenvalue weighted by Crippen LogP contribution is 2.27. The lowest BCUT2D eigenvalue weighted by Crippen LogP contribution is -2.17. The van der Waals surface area contributed by atoms with Crippen molar-refractivity contribution >= 4 is 5.97 Å². The van der Waals surface area contributed by atoms with Crippen LogP contribution in [0.25, 0.3) is 0 Å². The van der Waals surface area contributed by atoms with Crippen molar-refractivity contribution in [1.82, 2.24) is 0 Å². The standard InChI is InChI=1S/C48H92O2/c1-7-9-11-13-15-17-19-21-23-25-27-29-31-33-35-37-39-44(3)41-45(4)42-46(5)43-47(6)48(49)50-40-38-36-34-32-30-28-26-24-22-20-18-16-14-12-10-8-2/h17,19,38,40,44-47H,7-16,18,20-37,39,41-43H2,1-6H3/b19-17?,40-38-. The van der Waals surface area contributed by atoms with Gasteiger partial charge >= 0.3 is 5.97 Å². The molecule has 0 aliphatic carbocycles. The molecule has 0 aliphatic heterocycles. The van der Waals surface area contributed by atoms with E-state index in [9.17, 15) is 4.79 Å². The SMILES string of the molecule is CCCCCCC=CCCCCCCCCCCC(C)CC(C)CC(C)CC(C)C(=O)O/C=C\CCCCCCCCCCCCCCCC. The first kappa shape index (κ1) is 49.0. The van der Waals surface area contributed by atoms with Gasteiger partial charge in [-0.25, -0.2) is 0 Å². The zero-order valence-electron chi connectivity index (χ0n) is 35.3. The fraction of sp³-hybridized carbons (Fsp3) is 0.896. The molecule has 0 heterocycles. The average Bonchev–Trinajstić information content (AvgIpc) is 3.09. The molecule has 0 N–H and O–H groups in total. The van der Waals surface area contributed by atoms with Crippen molar-refractivity contribution < 1.29 is 9.53 Å². The summed E-state index contributed by atoms with van der Waals surface area (Å²) < 4.78 is 5.49. The molecule has 0 amide bonds. The molecule has 0 aromatic carbocycles. The van der Waals surface area contributed by atoms with E-state index in [1.165, 1.54) is 199 Å². The Morgan fingerprint density at radius 3 is 1.22 bits per heavy atom. The summed E-state index contributed by atoms with van der Waals surface area (Å²) in [6.45, 7) is 13.8. The van der Waals surface area contributed by atoms with E-state index in [1.54, 1.807) is 6.26 Å². The van der Waals surface area contributed by atoms with Crippen LogP contribution in [0.15, 0.2) is 24.5 Å². The van der Waals surface area contributed by atoms with Crippen LogP contribution in [0.4, 0.5) is 0 Å². The van der Waals surface area contributed by atoms with Crippen LogP contribution in [0.1, 0.15) is 253 Å². The molecule has 0 spiro atoms. The van der Waals surface area contributed by atoms with Gasteiger partial charge in [0.05, 0.1) is 12.2 Å². The van der Waals surface area contributed by atoms with E-state index in [2.05, 4.69) is 52.8 Å². The molecule has 0 aromatic heterocycles. The second-order valence-corrected chi connectivity index (χ2v) is 16.8. The van der Waals surface area contributed by atoms with E-state index in [4.69, 9.17) is 4.74 Å². The molecule has 0 radical (unpaired) electrons. The van der Waals surface area contributed by atoms with E-state index in [1.807, 2.05) is 6.92 Å². The number of carbonyl (C=O) groups is 1. The predicted octanol–water partition coefficient (Wildman–Crippen LogP) is 17.1. The van der Waals surface area contributed by atoms with Crippen molar-refractivity contribution in [3.05, 3.63) is 24.5 Å². The van der Waals surface area contributed by atoms with Crippen LogP contribution < -0.4 is 0 Å². The maximum atomic E-state index is 12.6. The molecule has 0 fully saturated rings. The number of hydrogen-bond donors (Lipinski definition) is 0. The van der Waals surface area contributed by atoms with Crippen molar-refractivity contribution in [2.75, 3.05) is 0 Å². The van der Waals surface area contributed by atoms with Gasteiger partial charge in [0.2, 0.25) is 0 Å². The minimum absolute atomic E-state index is 0.0257. The lowest BCUT2D eigenvalue weighted by molar-refractivity contribution is -0.142. The highest BCUT2D eigenvalue weighted by atomic mass is 16.5. The van der Waals surface area contributed by atoms with Crippen LogP contribution >= 0.6 is 0 Å². The number of rotatable bonds is 39. The van der Waals surface area contributed by atoms with Gasteiger partial charge in [0.25, 0.3) is 0 Å². The minimum Gasteiger partial charge on any atom is -0.435 e. The van der Waals surface area contributed by atoms with Crippen molar-refractivity contribution in [3.63, 3.8) is 0 Å². The van der Waals surface area contributed by atoms with Gasteiger partial charge in [0.1, 0.15) is 0 Å². The molecule has 0 saturated carbocycles. The molecular weight excluding hydrogens is 609 g/mol. The summed E-state index contributed by atoms with van der Waals surface area (Å²) in [6.07, 6.45) is 53.1. The fourth-order valence-electron chi connectivity index (χ4n) is 7.88. The number of unbranched alkanes of at least 4 members (excludes halogenated alkanes) is 26. The van der Waals surface area contributed by atoms with Gasteiger partial charge in [-0.3, -0.25) is 4.79 Å². The Labute approximate surface area is 316 Å². The van der Waals surface area contributed by atoms with E-state index in [0.29, 0.717) is 5.92 Å². The van der Waals surface area contributed by atoms with Crippen LogP contribution in [0, 0.1) is 23.7 Å². The predicted molar refractivity (Wildman–Crippen MR) is 225 cm³/mol. The summed E-state index contributed by atoms with van der Waals surface area (Å²) >= 11 is 0. The molecule has 0 aliphatic rings. The third-order valence-electron chi connectivity index (χ3n) is 11.0. The number of hydrogen-bond acceptors (Lipinski definition) is 2.